The van der Waals surface area contributed by atoms with E-state index in [9.17, 15) is 13.2 Å². The van der Waals surface area contributed by atoms with E-state index in [4.69, 9.17) is 4.74 Å². The largest absolute Gasteiger partial charge is 0.434 e. The van der Waals surface area contributed by atoms with E-state index in [1.54, 1.807) is 7.11 Å². The summed E-state index contributed by atoms with van der Waals surface area (Å²) in [6.07, 6.45) is -1.36. The highest BCUT2D eigenvalue weighted by molar-refractivity contribution is 14.0. The predicted molar refractivity (Wildman–Crippen MR) is 116 cm³/mol. The van der Waals surface area contributed by atoms with Crippen molar-refractivity contribution in [3.05, 3.63) is 16.1 Å². The minimum absolute atomic E-state index is 0. The van der Waals surface area contributed by atoms with Crippen LogP contribution in [-0.4, -0.2) is 61.8 Å². The summed E-state index contributed by atoms with van der Waals surface area (Å²) in [5, 5.41) is 7.93. The molecule has 6 nitrogen and oxygen atoms in total. The van der Waals surface area contributed by atoms with Crippen LogP contribution in [0.4, 0.5) is 13.2 Å². The normalized spacial score (nSPS) is 16.7. The van der Waals surface area contributed by atoms with Gasteiger partial charge in [0.05, 0.1) is 6.54 Å². The van der Waals surface area contributed by atoms with Crippen molar-refractivity contribution >= 4 is 41.3 Å². The Morgan fingerprint density at radius 2 is 2.11 bits per heavy atom. The standard InChI is InChI=1S/C17H28F3N5OS.HI/c1-3-21-16(22-11-15-24-14(12-27-15)17(18,19)20)23-13-5-8-25(9-6-13)7-4-10-26-2;/h12-13H,3-11H2,1-2H3,(H2,21,22,23);1H. The highest BCUT2D eigenvalue weighted by atomic mass is 127. The number of ether oxygens (including phenoxy) is 1. The highest BCUT2D eigenvalue weighted by Gasteiger charge is 2.33. The summed E-state index contributed by atoms with van der Waals surface area (Å²) in [7, 11) is 1.72. The van der Waals surface area contributed by atoms with Crippen LogP contribution >= 0.6 is 35.3 Å². The quantitative estimate of drug-likeness (QED) is 0.232. The van der Waals surface area contributed by atoms with Crippen LogP contribution < -0.4 is 10.6 Å². The van der Waals surface area contributed by atoms with Crippen LogP contribution in [0.2, 0.25) is 0 Å². The molecule has 2 N–H and O–H groups in total. The van der Waals surface area contributed by atoms with Crippen LogP contribution in [0, 0.1) is 0 Å². The Morgan fingerprint density at radius 1 is 1.39 bits per heavy atom. The fourth-order valence-corrected chi connectivity index (χ4v) is 3.63. The molecule has 0 saturated carbocycles. The Morgan fingerprint density at radius 3 is 2.68 bits per heavy atom. The van der Waals surface area contributed by atoms with E-state index in [0.717, 1.165) is 62.2 Å². The van der Waals surface area contributed by atoms with E-state index in [-0.39, 0.29) is 30.5 Å². The molecule has 1 aliphatic heterocycles. The van der Waals surface area contributed by atoms with Gasteiger partial charge in [-0.1, -0.05) is 0 Å². The van der Waals surface area contributed by atoms with Crippen LogP contribution in [0.15, 0.2) is 10.4 Å². The maximum atomic E-state index is 12.6. The van der Waals surface area contributed by atoms with Gasteiger partial charge in [-0.05, 0) is 26.2 Å². The van der Waals surface area contributed by atoms with E-state index in [2.05, 4.69) is 25.5 Å². The fourth-order valence-electron chi connectivity index (χ4n) is 2.91. The molecule has 1 aliphatic rings. The lowest BCUT2D eigenvalue weighted by atomic mass is 10.1. The minimum atomic E-state index is -4.40. The van der Waals surface area contributed by atoms with Crippen molar-refractivity contribution in [2.45, 2.75) is 44.9 Å². The molecule has 1 aromatic rings. The first-order valence-electron chi connectivity index (χ1n) is 9.20. The van der Waals surface area contributed by atoms with Crippen molar-refractivity contribution in [2.75, 3.05) is 39.9 Å². The van der Waals surface area contributed by atoms with Gasteiger partial charge in [-0.2, -0.15) is 13.2 Å². The number of alkyl halides is 3. The number of rotatable bonds is 8. The van der Waals surface area contributed by atoms with Crippen molar-refractivity contribution < 1.29 is 17.9 Å². The Bertz CT molecular complexity index is 592. The number of nitrogens with zero attached hydrogens (tertiary/aromatic N) is 3. The molecule has 1 aromatic heterocycles. The molecule has 0 aliphatic carbocycles. The summed E-state index contributed by atoms with van der Waals surface area (Å²) in [6.45, 7) is 6.63. The second-order valence-electron chi connectivity index (χ2n) is 6.43. The third-order valence-electron chi connectivity index (χ3n) is 4.31. The SMILES string of the molecule is CCNC(=NCc1nc(C(F)(F)F)cs1)NC1CCN(CCCOC)CC1.I. The number of aliphatic imine (C=N–C) groups is 1. The van der Waals surface area contributed by atoms with Gasteiger partial charge in [0.25, 0.3) is 0 Å². The molecule has 0 aromatic carbocycles. The maximum Gasteiger partial charge on any atom is 0.434 e. The average molecular weight is 535 g/mol. The predicted octanol–water partition coefficient (Wildman–Crippen LogP) is 3.34. The molecule has 2 heterocycles. The number of methoxy groups -OCH3 is 1. The maximum absolute atomic E-state index is 12.6. The summed E-state index contributed by atoms with van der Waals surface area (Å²) in [5.41, 5.74) is -0.850. The summed E-state index contributed by atoms with van der Waals surface area (Å²) in [6, 6.07) is 0.309. The van der Waals surface area contributed by atoms with Gasteiger partial charge in [0.2, 0.25) is 0 Å². The van der Waals surface area contributed by atoms with E-state index in [1.165, 1.54) is 0 Å². The van der Waals surface area contributed by atoms with E-state index >= 15 is 0 Å². The van der Waals surface area contributed by atoms with Crippen molar-refractivity contribution in [3.63, 3.8) is 0 Å². The Labute approximate surface area is 185 Å². The number of aromatic nitrogens is 1. The molecule has 2 rings (SSSR count). The van der Waals surface area contributed by atoms with Crippen molar-refractivity contribution in [3.8, 4) is 0 Å². The molecule has 0 radical (unpaired) electrons. The van der Waals surface area contributed by atoms with Crippen molar-refractivity contribution in [2.24, 2.45) is 4.99 Å². The molecule has 28 heavy (non-hydrogen) atoms. The fraction of sp³-hybridized carbons (Fsp3) is 0.765. The molecule has 0 atom stereocenters. The lowest BCUT2D eigenvalue weighted by Crippen LogP contribution is -2.48. The third-order valence-corrected chi connectivity index (χ3v) is 5.14. The molecular weight excluding hydrogens is 506 g/mol. The second-order valence-corrected chi connectivity index (χ2v) is 7.37. The first-order chi connectivity index (χ1) is 12.9. The molecule has 0 bridgehead atoms. The highest BCUT2D eigenvalue weighted by Crippen LogP contribution is 2.30. The van der Waals surface area contributed by atoms with Gasteiger partial charge in [-0.15, -0.1) is 35.3 Å². The Kier molecular flexibility index (Phi) is 11.6. The molecule has 0 spiro atoms. The monoisotopic (exact) mass is 535 g/mol. The van der Waals surface area contributed by atoms with E-state index < -0.39 is 11.9 Å². The molecule has 0 unspecified atom stereocenters. The van der Waals surface area contributed by atoms with Crippen LogP contribution in [0.25, 0.3) is 0 Å². The Hall–Kier alpha value is -0.660. The van der Waals surface area contributed by atoms with Gasteiger partial charge < -0.3 is 20.3 Å². The second kappa shape index (κ2) is 12.8. The first kappa shape index (κ1) is 25.4. The third kappa shape index (κ3) is 8.78. The smallest absolute Gasteiger partial charge is 0.385 e. The summed E-state index contributed by atoms with van der Waals surface area (Å²) >= 11 is 0.982. The average Bonchev–Trinajstić information content (AvgIpc) is 3.11. The lowest BCUT2D eigenvalue weighted by Gasteiger charge is -2.33. The lowest BCUT2D eigenvalue weighted by molar-refractivity contribution is -0.140. The zero-order valence-electron chi connectivity index (χ0n) is 16.2. The number of thiazole rings is 1. The molecule has 1 fully saturated rings. The number of halogens is 4. The molecule has 1 saturated heterocycles. The minimum Gasteiger partial charge on any atom is -0.385 e. The van der Waals surface area contributed by atoms with Crippen LogP contribution in [-0.2, 0) is 17.5 Å². The topological polar surface area (TPSA) is 61.8 Å². The zero-order valence-corrected chi connectivity index (χ0v) is 19.4. The first-order valence-corrected chi connectivity index (χ1v) is 10.1. The van der Waals surface area contributed by atoms with Gasteiger partial charge in [0.15, 0.2) is 11.7 Å². The van der Waals surface area contributed by atoms with Crippen LogP contribution in [0.3, 0.4) is 0 Å². The number of likely N-dealkylation sites (tertiary alicyclic amines) is 1. The van der Waals surface area contributed by atoms with Gasteiger partial charge >= 0.3 is 6.18 Å². The van der Waals surface area contributed by atoms with E-state index in [0.29, 0.717) is 23.6 Å². The van der Waals surface area contributed by atoms with Crippen LogP contribution in [0.1, 0.15) is 36.9 Å². The Balaban J connectivity index is 0.00000392. The number of piperidine rings is 1. The van der Waals surface area contributed by atoms with Crippen LogP contribution in [0.5, 0.6) is 0 Å². The molecular formula is C17H29F3IN5OS. The van der Waals surface area contributed by atoms with Crippen molar-refractivity contribution in [1.82, 2.24) is 20.5 Å². The summed E-state index contributed by atoms with van der Waals surface area (Å²) < 4.78 is 43.0. The van der Waals surface area contributed by atoms with Gasteiger partial charge in [-0.25, -0.2) is 9.98 Å². The van der Waals surface area contributed by atoms with Gasteiger partial charge in [0.1, 0.15) is 5.01 Å². The molecule has 162 valence electrons. The van der Waals surface area contributed by atoms with E-state index in [1.807, 2.05) is 6.92 Å². The number of nitrogens with one attached hydrogen (secondary N) is 2. The summed E-state index contributed by atoms with van der Waals surface area (Å²) in [4.78, 5) is 10.4. The zero-order chi connectivity index (χ0) is 19.7. The molecule has 0 amide bonds. The number of hydrogen-bond donors (Lipinski definition) is 2. The number of guanidine groups is 1. The van der Waals surface area contributed by atoms with Crippen molar-refractivity contribution in [1.29, 1.82) is 0 Å². The number of hydrogen-bond acceptors (Lipinski definition) is 5. The van der Waals surface area contributed by atoms with Gasteiger partial charge in [-0.3, -0.25) is 0 Å². The molecule has 11 heteroatoms. The summed E-state index contributed by atoms with van der Waals surface area (Å²) in [5.74, 6) is 0.624. The van der Waals surface area contributed by atoms with Gasteiger partial charge in [0, 0.05) is 51.3 Å².